The van der Waals surface area contributed by atoms with Gasteiger partial charge in [0.25, 0.3) is 0 Å². The standard InChI is InChI=1S/C8H10F3N3O2/c1-3-14-5(7(15)16-4-2)6(12-13-14)8(9,10)11/h3-4H2,1-2H3. The molecule has 5 nitrogen and oxygen atoms in total. The molecule has 0 N–H and O–H groups in total. The minimum atomic E-state index is -4.71. The van der Waals surface area contributed by atoms with E-state index in [4.69, 9.17) is 0 Å². The number of hydrogen-bond donors (Lipinski definition) is 0. The van der Waals surface area contributed by atoms with Crippen LogP contribution in [0.25, 0.3) is 0 Å². The largest absolute Gasteiger partial charge is 0.461 e. The van der Waals surface area contributed by atoms with Crippen molar-refractivity contribution in [1.29, 1.82) is 0 Å². The van der Waals surface area contributed by atoms with Gasteiger partial charge in [0.2, 0.25) is 5.69 Å². The van der Waals surface area contributed by atoms with Gasteiger partial charge in [-0.15, -0.1) is 5.10 Å². The molecule has 0 saturated heterocycles. The number of aromatic nitrogens is 3. The van der Waals surface area contributed by atoms with E-state index in [1.165, 1.54) is 6.92 Å². The molecule has 0 amide bonds. The summed E-state index contributed by atoms with van der Waals surface area (Å²) in [5.74, 6) is -1.07. The number of alkyl halides is 3. The Morgan fingerprint density at radius 2 is 2.06 bits per heavy atom. The van der Waals surface area contributed by atoms with Crippen LogP contribution in [0.5, 0.6) is 0 Å². The molecule has 1 rings (SSSR count). The molecule has 0 aliphatic carbocycles. The normalized spacial score (nSPS) is 11.6. The molecule has 90 valence electrons. The molecule has 0 aliphatic heterocycles. The summed E-state index contributed by atoms with van der Waals surface area (Å²) in [4.78, 5) is 11.3. The summed E-state index contributed by atoms with van der Waals surface area (Å²) >= 11 is 0. The second-order valence-corrected chi connectivity index (χ2v) is 2.82. The van der Waals surface area contributed by atoms with Crippen molar-refractivity contribution in [2.75, 3.05) is 6.61 Å². The summed E-state index contributed by atoms with van der Waals surface area (Å²) in [7, 11) is 0. The summed E-state index contributed by atoms with van der Waals surface area (Å²) in [6, 6.07) is 0. The molecule has 0 saturated carbocycles. The maximum absolute atomic E-state index is 12.5. The van der Waals surface area contributed by atoms with Crippen LogP contribution in [-0.2, 0) is 17.5 Å². The number of esters is 1. The summed E-state index contributed by atoms with van der Waals surface area (Å²) < 4.78 is 42.8. The third kappa shape index (κ3) is 2.31. The van der Waals surface area contributed by atoms with Crippen molar-refractivity contribution in [1.82, 2.24) is 15.0 Å². The molecule has 16 heavy (non-hydrogen) atoms. The van der Waals surface area contributed by atoms with Crippen LogP contribution in [0.15, 0.2) is 0 Å². The molecule has 0 spiro atoms. The first-order valence-corrected chi connectivity index (χ1v) is 4.59. The van der Waals surface area contributed by atoms with E-state index < -0.39 is 23.5 Å². The number of nitrogens with zero attached hydrogens (tertiary/aromatic N) is 3. The zero-order valence-corrected chi connectivity index (χ0v) is 8.71. The molecule has 0 bridgehead atoms. The van der Waals surface area contributed by atoms with E-state index in [9.17, 15) is 18.0 Å². The molecule has 1 aromatic rings. The maximum Gasteiger partial charge on any atom is 0.437 e. The quantitative estimate of drug-likeness (QED) is 0.747. The van der Waals surface area contributed by atoms with Gasteiger partial charge in [0, 0.05) is 6.54 Å². The Balaban J connectivity index is 3.21. The van der Waals surface area contributed by atoms with Crippen molar-refractivity contribution >= 4 is 5.97 Å². The van der Waals surface area contributed by atoms with E-state index >= 15 is 0 Å². The highest BCUT2D eigenvalue weighted by atomic mass is 19.4. The first kappa shape index (κ1) is 12.5. The molecular weight excluding hydrogens is 227 g/mol. The van der Waals surface area contributed by atoms with Gasteiger partial charge in [0.05, 0.1) is 6.61 Å². The van der Waals surface area contributed by atoms with Crippen LogP contribution in [0.4, 0.5) is 13.2 Å². The Labute approximate surface area is 89.2 Å². The third-order valence-electron chi connectivity index (χ3n) is 1.77. The molecule has 0 fully saturated rings. The Kier molecular flexibility index (Phi) is 3.51. The van der Waals surface area contributed by atoms with Crippen molar-refractivity contribution in [3.63, 3.8) is 0 Å². The minimum Gasteiger partial charge on any atom is -0.461 e. The van der Waals surface area contributed by atoms with Crippen LogP contribution in [-0.4, -0.2) is 27.6 Å². The van der Waals surface area contributed by atoms with Crippen molar-refractivity contribution < 1.29 is 22.7 Å². The fourth-order valence-electron chi connectivity index (χ4n) is 1.13. The highest BCUT2D eigenvalue weighted by Gasteiger charge is 2.41. The summed E-state index contributed by atoms with van der Waals surface area (Å²) in [6.45, 7) is 3.16. The van der Waals surface area contributed by atoms with E-state index in [2.05, 4.69) is 15.0 Å². The van der Waals surface area contributed by atoms with Gasteiger partial charge >= 0.3 is 12.1 Å². The molecule has 0 atom stereocenters. The fourth-order valence-corrected chi connectivity index (χ4v) is 1.13. The van der Waals surface area contributed by atoms with Crippen LogP contribution in [0, 0.1) is 0 Å². The monoisotopic (exact) mass is 237 g/mol. The van der Waals surface area contributed by atoms with Gasteiger partial charge in [-0.25, -0.2) is 9.48 Å². The lowest BCUT2D eigenvalue weighted by molar-refractivity contribution is -0.141. The van der Waals surface area contributed by atoms with Gasteiger partial charge < -0.3 is 4.74 Å². The van der Waals surface area contributed by atoms with E-state index in [0.29, 0.717) is 0 Å². The van der Waals surface area contributed by atoms with Gasteiger partial charge in [-0.3, -0.25) is 0 Å². The zero-order chi connectivity index (χ0) is 12.3. The first-order valence-electron chi connectivity index (χ1n) is 4.59. The molecular formula is C8H10F3N3O2. The average molecular weight is 237 g/mol. The molecule has 0 aromatic carbocycles. The highest BCUT2D eigenvalue weighted by molar-refractivity contribution is 5.88. The smallest absolute Gasteiger partial charge is 0.437 e. The van der Waals surface area contributed by atoms with Crippen LogP contribution in [0.1, 0.15) is 30.0 Å². The van der Waals surface area contributed by atoms with E-state index in [1.54, 1.807) is 6.92 Å². The number of rotatable bonds is 3. The molecule has 0 radical (unpaired) electrons. The predicted octanol–water partition coefficient (Wildman–Crippen LogP) is 1.49. The minimum absolute atomic E-state index is 0.00890. The fraction of sp³-hybridized carbons (Fsp3) is 0.625. The maximum atomic E-state index is 12.5. The predicted molar refractivity (Wildman–Crippen MR) is 46.7 cm³/mol. The lowest BCUT2D eigenvalue weighted by Crippen LogP contribution is -2.18. The Morgan fingerprint density at radius 1 is 1.44 bits per heavy atom. The number of carbonyl (C=O) groups is 1. The molecule has 0 unspecified atom stereocenters. The van der Waals surface area contributed by atoms with Crippen molar-refractivity contribution in [3.8, 4) is 0 Å². The van der Waals surface area contributed by atoms with Crippen LogP contribution >= 0.6 is 0 Å². The number of hydrogen-bond acceptors (Lipinski definition) is 4. The molecule has 8 heteroatoms. The van der Waals surface area contributed by atoms with E-state index in [-0.39, 0.29) is 13.2 Å². The number of halogens is 3. The van der Waals surface area contributed by atoms with Crippen molar-refractivity contribution in [3.05, 3.63) is 11.4 Å². The van der Waals surface area contributed by atoms with Gasteiger partial charge in [-0.1, -0.05) is 5.21 Å². The van der Waals surface area contributed by atoms with Gasteiger partial charge in [-0.05, 0) is 13.8 Å². The van der Waals surface area contributed by atoms with Gasteiger partial charge in [0.15, 0.2) is 5.69 Å². The summed E-state index contributed by atoms with van der Waals surface area (Å²) in [6.07, 6.45) is -4.71. The Hall–Kier alpha value is -1.60. The lowest BCUT2D eigenvalue weighted by atomic mass is 10.3. The SMILES string of the molecule is CCOC(=O)c1c(C(F)(F)F)nnn1CC. The van der Waals surface area contributed by atoms with Crippen LogP contribution in [0.3, 0.4) is 0 Å². The van der Waals surface area contributed by atoms with E-state index in [0.717, 1.165) is 4.68 Å². The second kappa shape index (κ2) is 4.50. The Morgan fingerprint density at radius 3 is 2.50 bits per heavy atom. The second-order valence-electron chi connectivity index (χ2n) is 2.82. The summed E-state index contributed by atoms with van der Waals surface area (Å²) in [5, 5.41) is 6.20. The third-order valence-corrected chi connectivity index (χ3v) is 1.77. The number of ether oxygens (including phenoxy) is 1. The Bertz CT molecular complexity index is 386. The van der Waals surface area contributed by atoms with Crippen LogP contribution < -0.4 is 0 Å². The molecule has 1 heterocycles. The van der Waals surface area contributed by atoms with Crippen molar-refractivity contribution in [2.24, 2.45) is 0 Å². The summed E-state index contributed by atoms with van der Waals surface area (Å²) in [5.41, 5.74) is -1.97. The topological polar surface area (TPSA) is 57.0 Å². The zero-order valence-electron chi connectivity index (χ0n) is 8.71. The van der Waals surface area contributed by atoms with Crippen LogP contribution in [0.2, 0.25) is 0 Å². The van der Waals surface area contributed by atoms with Gasteiger partial charge in [-0.2, -0.15) is 13.2 Å². The average Bonchev–Trinajstić information content (AvgIpc) is 2.60. The number of carbonyl (C=O) groups excluding carboxylic acids is 1. The first-order chi connectivity index (χ1) is 7.41. The lowest BCUT2D eigenvalue weighted by Gasteiger charge is -2.07. The van der Waals surface area contributed by atoms with E-state index in [1.807, 2.05) is 0 Å². The van der Waals surface area contributed by atoms with Crippen molar-refractivity contribution in [2.45, 2.75) is 26.6 Å². The molecule has 0 aliphatic rings. The van der Waals surface area contributed by atoms with Gasteiger partial charge in [0.1, 0.15) is 0 Å². The molecule has 1 aromatic heterocycles. The number of aryl methyl sites for hydroxylation is 1. The highest BCUT2D eigenvalue weighted by Crippen LogP contribution is 2.30.